The number of esters is 1. The molecule has 2 saturated heterocycles. The number of anilines is 1. The molecule has 6 unspecified atom stereocenters. The Hall–Kier alpha value is -6.04. The number of ether oxygens (including phenoxy) is 4. The molecule has 2 amide bonds. The number of hydrogen-bond donors (Lipinski definition) is 3. The number of fused-ring (bicyclic) bond motifs is 3. The number of carbonyl (C=O) groups is 4. The van der Waals surface area contributed by atoms with Gasteiger partial charge in [0, 0.05) is 12.7 Å². The second-order valence-electron chi connectivity index (χ2n) is 15.9. The number of methoxy groups -OCH3 is 1. The van der Waals surface area contributed by atoms with E-state index in [9.17, 15) is 29.7 Å². The SMILES string of the molecule is COCCOC(=O)N1C(=O)C2(c3cc(C#CC4(O)CCCCCC4)ccc31)C(C(=O)O)C1C(=O)OC(c3ccccc3)C(c3ccccc3)N1C2c1cccc(OCCO)c1. The van der Waals surface area contributed by atoms with Crippen molar-refractivity contribution in [1.29, 1.82) is 0 Å². The summed E-state index contributed by atoms with van der Waals surface area (Å²) in [7, 11) is 1.44. The summed E-state index contributed by atoms with van der Waals surface area (Å²) in [6.45, 7) is -0.491. The van der Waals surface area contributed by atoms with Crippen LogP contribution in [0.5, 0.6) is 5.75 Å². The van der Waals surface area contributed by atoms with E-state index in [1.807, 2.05) is 60.7 Å². The minimum atomic E-state index is -2.20. The van der Waals surface area contributed by atoms with Crippen molar-refractivity contribution >= 4 is 29.6 Å². The monoisotopic (exact) mass is 828 g/mol. The fourth-order valence-electron chi connectivity index (χ4n) is 9.79. The van der Waals surface area contributed by atoms with Gasteiger partial charge in [0.1, 0.15) is 48.0 Å². The van der Waals surface area contributed by atoms with Gasteiger partial charge in [-0.15, -0.1) is 0 Å². The van der Waals surface area contributed by atoms with Gasteiger partial charge < -0.3 is 34.3 Å². The smallest absolute Gasteiger partial charge is 0.421 e. The van der Waals surface area contributed by atoms with Crippen LogP contribution in [0, 0.1) is 17.8 Å². The zero-order valence-electron chi connectivity index (χ0n) is 33.8. The van der Waals surface area contributed by atoms with E-state index in [2.05, 4.69) is 11.8 Å². The molecule has 3 N–H and O–H groups in total. The van der Waals surface area contributed by atoms with Gasteiger partial charge in [0.15, 0.2) is 0 Å². The maximum atomic E-state index is 15.9. The van der Waals surface area contributed by atoms with Gasteiger partial charge in [-0.05, 0) is 78.3 Å². The molecule has 4 aromatic carbocycles. The standard InChI is InChI=1S/C48H48N2O11/c1-58-27-28-60-46(56)49-37-20-19-31(21-24-47(57)22-10-2-3-11-23-47)29-36(37)48(45(49)55)38(43(52)53)40-44(54)61-41(33-15-8-5-9-16-33)39(32-13-6-4-7-14-32)50(40)42(48)34-17-12-18-35(30-34)59-26-25-51/h4-9,12-20,29-30,38-42,51,57H,2-3,10-11,22-23,25-28H2,1H3,(H,52,53). The summed E-state index contributed by atoms with van der Waals surface area (Å²) in [5.74, 6) is 1.47. The van der Waals surface area contributed by atoms with Crippen LogP contribution in [0.4, 0.5) is 10.5 Å². The molecule has 13 nitrogen and oxygen atoms in total. The van der Waals surface area contributed by atoms with Crippen molar-refractivity contribution in [3.63, 3.8) is 0 Å². The maximum absolute atomic E-state index is 15.9. The molecule has 3 aliphatic heterocycles. The molecule has 4 aromatic rings. The molecule has 4 aliphatic rings. The summed E-state index contributed by atoms with van der Waals surface area (Å²) < 4.78 is 22.9. The Labute approximate surface area is 353 Å². The molecule has 0 aromatic heterocycles. The largest absolute Gasteiger partial charge is 0.491 e. The molecule has 1 saturated carbocycles. The lowest BCUT2D eigenvalue weighted by Crippen LogP contribution is -2.53. The van der Waals surface area contributed by atoms with Crippen LogP contribution >= 0.6 is 0 Å². The van der Waals surface area contributed by atoms with Crippen LogP contribution < -0.4 is 9.64 Å². The molecule has 0 bridgehead atoms. The Morgan fingerprint density at radius 1 is 0.820 bits per heavy atom. The fraction of sp³-hybridized carbons (Fsp3) is 0.375. The topological polar surface area (TPSA) is 172 Å². The van der Waals surface area contributed by atoms with Gasteiger partial charge in [-0.25, -0.2) is 9.69 Å². The number of amides is 2. The molecule has 0 radical (unpaired) electrons. The lowest BCUT2D eigenvalue weighted by Gasteiger charge is -2.46. The highest BCUT2D eigenvalue weighted by Crippen LogP contribution is 2.66. The average molecular weight is 829 g/mol. The third kappa shape index (κ3) is 7.54. The summed E-state index contributed by atoms with van der Waals surface area (Å²) in [4.78, 5) is 61.8. The Balaban J connectivity index is 1.42. The van der Waals surface area contributed by atoms with Crippen LogP contribution in [-0.4, -0.2) is 89.3 Å². The van der Waals surface area contributed by atoms with E-state index >= 15 is 4.79 Å². The van der Waals surface area contributed by atoms with Crippen LogP contribution in [0.25, 0.3) is 0 Å². The zero-order chi connectivity index (χ0) is 42.7. The van der Waals surface area contributed by atoms with E-state index < -0.39 is 65.1 Å². The van der Waals surface area contributed by atoms with E-state index in [0.717, 1.165) is 30.6 Å². The molecule has 8 rings (SSSR count). The highest BCUT2D eigenvalue weighted by molar-refractivity contribution is 6.23. The van der Waals surface area contributed by atoms with Crippen molar-refractivity contribution in [3.05, 3.63) is 131 Å². The molecule has 316 valence electrons. The number of aliphatic hydroxyl groups is 2. The summed E-state index contributed by atoms with van der Waals surface area (Å²) in [6.07, 6.45) is 2.59. The molecule has 61 heavy (non-hydrogen) atoms. The predicted molar refractivity (Wildman–Crippen MR) is 221 cm³/mol. The number of imide groups is 1. The first-order valence-electron chi connectivity index (χ1n) is 20.7. The highest BCUT2D eigenvalue weighted by Gasteiger charge is 2.76. The van der Waals surface area contributed by atoms with Gasteiger partial charge in [-0.1, -0.05) is 97.5 Å². The first kappa shape index (κ1) is 41.7. The molecule has 1 aliphatic carbocycles. The average Bonchev–Trinajstić information content (AvgIpc) is 3.61. The zero-order valence-corrected chi connectivity index (χ0v) is 33.8. The number of benzene rings is 4. The van der Waals surface area contributed by atoms with Crippen LogP contribution in [0.1, 0.15) is 84.5 Å². The van der Waals surface area contributed by atoms with Crippen LogP contribution in [-0.2, 0) is 34.0 Å². The molecular weight excluding hydrogens is 781 g/mol. The fourth-order valence-corrected chi connectivity index (χ4v) is 9.79. The molecule has 6 atom stereocenters. The molecule has 3 heterocycles. The minimum Gasteiger partial charge on any atom is -0.491 e. The van der Waals surface area contributed by atoms with Gasteiger partial charge in [0.05, 0.1) is 31.0 Å². The van der Waals surface area contributed by atoms with E-state index in [-0.39, 0.29) is 37.7 Å². The van der Waals surface area contributed by atoms with Crippen molar-refractivity contribution in [2.75, 3.05) is 38.4 Å². The van der Waals surface area contributed by atoms with E-state index in [4.69, 9.17) is 18.9 Å². The van der Waals surface area contributed by atoms with Crippen LogP contribution in [0.15, 0.2) is 103 Å². The molecule has 1 spiro atoms. The second-order valence-corrected chi connectivity index (χ2v) is 15.9. The number of morpholine rings is 1. The van der Waals surface area contributed by atoms with Crippen molar-refractivity contribution in [3.8, 4) is 17.6 Å². The first-order chi connectivity index (χ1) is 29.6. The first-order valence-corrected chi connectivity index (χ1v) is 20.7. The summed E-state index contributed by atoms with van der Waals surface area (Å²) in [5.41, 5.74) is -1.12. The lowest BCUT2D eigenvalue weighted by molar-refractivity contribution is -0.179. The third-order valence-electron chi connectivity index (χ3n) is 12.3. The number of carboxylic acid groups (broad SMARTS) is 1. The van der Waals surface area contributed by atoms with Gasteiger partial charge in [-0.3, -0.25) is 19.3 Å². The third-order valence-corrected chi connectivity index (χ3v) is 12.3. The Morgan fingerprint density at radius 2 is 1.51 bits per heavy atom. The summed E-state index contributed by atoms with van der Waals surface area (Å²) in [6, 6.07) is 26.2. The molecule has 3 fully saturated rings. The predicted octanol–water partition coefficient (Wildman–Crippen LogP) is 6.03. The van der Waals surface area contributed by atoms with Crippen molar-refractivity contribution < 1.29 is 53.4 Å². The van der Waals surface area contributed by atoms with Crippen LogP contribution in [0.2, 0.25) is 0 Å². The number of aliphatic carboxylic acids is 1. The number of cyclic esters (lactones) is 1. The second kappa shape index (κ2) is 17.5. The van der Waals surface area contributed by atoms with Crippen molar-refractivity contribution in [1.82, 2.24) is 4.90 Å². The minimum absolute atomic E-state index is 0.0333. The Kier molecular flexibility index (Phi) is 12.0. The Morgan fingerprint density at radius 3 is 2.18 bits per heavy atom. The van der Waals surface area contributed by atoms with Crippen LogP contribution in [0.3, 0.4) is 0 Å². The van der Waals surface area contributed by atoms with E-state index in [1.165, 1.54) is 13.2 Å². The van der Waals surface area contributed by atoms with E-state index in [0.29, 0.717) is 40.8 Å². The number of carbonyl (C=O) groups excluding carboxylic acids is 3. The number of aliphatic hydroxyl groups excluding tert-OH is 1. The summed E-state index contributed by atoms with van der Waals surface area (Å²) >= 11 is 0. The van der Waals surface area contributed by atoms with E-state index in [1.54, 1.807) is 41.3 Å². The number of hydrogen-bond acceptors (Lipinski definition) is 11. The molecule has 13 heteroatoms. The normalized spacial score (nSPS) is 25.4. The van der Waals surface area contributed by atoms with Gasteiger partial charge >= 0.3 is 18.0 Å². The Bertz CT molecular complexity index is 2340. The van der Waals surface area contributed by atoms with Crippen molar-refractivity contribution in [2.45, 2.75) is 73.8 Å². The van der Waals surface area contributed by atoms with Gasteiger partial charge in [0.25, 0.3) is 0 Å². The summed E-state index contributed by atoms with van der Waals surface area (Å²) in [5, 5.41) is 32.7. The van der Waals surface area contributed by atoms with Gasteiger partial charge in [-0.2, -0.15) is 0 Å². The maximum Gasteiger partial charge on any atom is 0.421 e. The number of nitrogens with zero attached hydrogens (tertiary/aromatic N) is 2. The lowest BCUT2D eigenvalue weighted by atomic mass is 9.65. The quantitative estimate of drug-likeness (QED) is 0.0735. The number of carboxylic acids is 1. The number of rotatable bonds is 10. The molecular formula is C48H48N2O11. The highest BCUT2D eigenvalue weighted by atomic mass is 16.6. The van der Waals surface area contributed by atoms with Crippen molar-refractivity contribution in [2.24, 2.45) is 5.92 Å². The van der Waals surface area contributed by atoms with Gasteiger partial charge in [0.2, 0.25) is 5.91 Å².